The Labute approximate surface area is 130 Å². The minimum absolute atomic E-state index is 0.248. The number of hydrogen-bond acceptors (Lipinski definition) is 5. The van der Waals surface area contributed by atoms with Crippen molar-refractivity contribution in [2.24, 2.45) is 5.73 Å². The molecule has 1 aliphatic heterocycles. The van der Waals surface area contributed by atoms with Crippen LogP contribution in [-0.4, -0.2) is 33.2 Å². The molecule has 7 heteroatoms. The van der Waals surface area contributed by atoms with E-state index in [1.54, 1.807) is 29.6 Å². The first-order valence-corrected chi connectivity index (χ1v) is 7.56. The highest BCUT2D eigenvalue weighted by Gasteiger charge is 2.34. The summed E-state index contributed by atoms with van der Waals surface area (Å²) in [5, 5.41) is 2.58. The first-order chi connectivity index (χ1) is 10.1. The Morgan fingerprint density at radius 3 is 2.38 bits per heavy atom. The molecule has 1 aromatic heterocycles. The number of carbonyl (C=O) groups excluding carboxylic acids is 2. The van der Waals surface area contributed by atoms with Gasteiger partial charge < -0.3 is 5.73 Å². The molecule has 106 valence electrons. The highest BCUT2D eigenvalue weighted by Crippen LogP contribution is 2.23. The fourth-order valence-electron chi connectivity index (χ4n) is 2.19. The molecule has 21 heavy (non-hydrogen) atoms. The van der Waals surface area contributed by atoms with Crippen molar-refractivity contribution < 1.29 is 9.59 Å². The molecule has 2 N–H and O–H groups in total. The fourth-order valence-corrected chi connectivity index (χ4v) is 3.16. The number of fused-ring (bicyclic) bond motifs is 1. The molecule has 0 saturated heterocycles. The normalized spacial score (nSPS) is 13.6. The Balaban J connectivity index is 1.73. The van der Waals surface area contributed by atoms with Gasteiger partial charge >= 0.3 is 0 Å². The lowest BCUT2D eigenvalue weighted by Gasteiger charge is -2.12. The Bertz CT molecular complexity index is 719. The van der Waals surface area contributed by atoms with E-state index in [4.69, 9.17) is 18.0 Å². The lowest BCUT2D eigenvalue weighted by Crippen LogP contribution is -2.31. The Kier molecular flexibility index (Phi) is 3.52. The number of benzene rings is 1. The SMILES string of the molecule is NC(=S)c1csc(CCN2C(=O)c3ccccc3C2=O)n1. The van der Waals surface area contributed by atoms with Crippen molar-refractivity contribution in [3.05, 3.63) is 51.5 Å². The molecule has 5 nitrogen and oxygen atoms in total. The molecule has 0 bridgehead atoms. The van der Waals surface area contributed by atoms with Gasteiger partial charge in [0.25, 0.3) is 11.8 Å². The fraction of sp³-hybridized carbons (Fsp3) is 0.143. The zero-order chi connectivity index (χ0) is 15.0. The number of carbonyl (C=O) groups is 2. The number of hydrogen-bond donors (Lipinski definition) is 1. The van der Waals surface area contributed by atoms with Gasteiger partial charge in [0.15, 0.2) is 0 Å². The van der Waals surface area contributed by atoms with Crippen molar-refractivity contribution in [1.82, 2.24) is 9.88 Å². The van der Waals surface area contributed by atoms with Crippen molar-refractivity contribution in [3.8, 4) is 0 Å². The van der Waals surface area contributed by atoms with Crippen molar-refractivity contribution in [2.75, 3.05) is 6.54 Å². The lowest BCUT2D eigenvalue weighted by molar-refractivity contribution is 0.0656. The van der Waals surface area contributed by atoms with Gasteiger partial charge in [-0.2, -0.15) is 0 Å². The van der Waals surface area contributed by atoms with Gasteiger partial charge in [-0.3, -0.25) is 14.5 Å². The van der Waals surface area contributed by atoms with Crippen molar-refractivity contribution in [1.29, 1.82) is 0 Å². The number of rotatable bonds is 4. The maximum atomic E-state index is 12.2. The number of thiocarbonyl (C=S) groups is 1. The molecule has 0 spiro atoms. The highest BCUT2D eigenvalue weighted by molar-refractivity contribution is 7.80. The molecule has 2 heterocycles. The first-order valence-electron chi connectivity index (χ1n) is 6.27. The number of amides is 2. The summed E-state index contributed by atoms with van der Waals surface area (Å²) in [5.41, 5.74) is 7.01. The van der Waals surface area contributed by atoms with Gasteiger partial charge in [0, 0.05) is 18.3 Å². The average molecular weight is 317 g/mol. The lowest BCUT2D eigenvalue weighted by atomic mass is 10.1. The van der Waals surface area contributed by atoms with E-state index in [0.717, 1.165) is 5.01 Å². The predicted octanol–water partition coefficient (Wildman–Crippen LogP) is 1.62. The summed E-state index contributed by atoms with van der Waals surface area (Å²) in [6.07, 6.45) is 0.499. The largest absolute Gasteiger partial charge is 0.388 e. The molecule has 0 radical (unpaired) electrons. The number of aromatic nitrogens is 1. The highest BCUT2D eigenvalue weighted by atomic mass is 32.1. The van der Waals surface area contributed by atoms with Crippen LogP contribution in [0, 0.1) is 0 Å². The van der Waals surface area contributed by atoms with E-state index in [2.05, 4.69) is 4.98 Å². The smallest absolute Gasteiger partial charge is 0.261 e. The molecule has 0 fully saturated rings. The van der Waals surface area contributed by atoms with Crippen LogP contribution in [0.1, 0.15) is 31.4 Å². The van der Waals surface area contributed by atoms with Crippen LogP contribution in [0.25, 0.3) is 0 Å². The van der Waals surface area contributed by atoms with Gasteiger partial charge in [0.05, 0.1) is 16.1 Å². The summed E-state index contributed by atoms with van der Waals surface area (Å²) in [6.45, 7) is 0.302. The number of nitrogens with two attached hydrogens (primary N) is 1. The zero-order valence-corrected chi connectivity index (χ0v) is 12.5. The molecule has 2 aromatic rings. The van der Waals surface area contributed by atoms with Gasteiger partial charge in [0.2, 0.25) is 0 Å². The molecule has 2 amide bonds. The second-order valence-corrected chi connectivity index (χ2v) is 5.93. The van der Waals surface area contributed by atoms with Crippen LogP contribution in [0.15, 0.2) is 29.6 Å². The third kappa shape index (κ3) is 2.45. The van der Waals surface area contributed by atoms with E-state index in [-0.39, 0.29) is 16.8 Å². The summed E-state index contributed by atoms with van der Waals surface area (Å²) in [5.74, 6) is -0.497. The maximum Gasteiger partial charge on any atom is 0.261 e. The second-order valence-electron chi connectivity index (χ2n) is 4.55. The summed E-state index contributed by atoms with van der Waals surface area (Å²) in [6, 6.07) is 6.85. The third-order valence-electron chi connectivity index (χ3n) is 3.23. The minimum Gasteiger partial charge on any atom is -0.388 e. The summed E-state index contributed by atoms with van der Waals surface area (Å²) >= 11 is 6.27. The predicted molar refractivity (Wildman–Crippen MR) is 83.5 cm³/mol. The van der Waals surface area contributed by atoms with Gasteiger partial charge in [-0.25, -0.2) is 4.98 Å². The van der Waals surface area contributed by atoms with E-state index in [0.29, 0.717) is 29.8 Å². The Morgan fingerprint density at radius 1 is 1.24 bits per heavy atom. The monoisotopic (exact) mass is 317 g/mol. The van der Waals surface area contributed by atoms with Crippen molar-refractivity contribution in [2.45, 2.75) is 6.42 Å². The quantitative estimate of drug-likeness (QED) is 0.685. The van der Waals surface area contributed by atoms with Crippen LogP contribution < -0.4 is 5.73 Å². The molecule has 0 aliphatic carbocycles. The van der Waals surface area contributed by atoms with E-state index in [9.17, 15) is 9.59 Å². The van der Waals surface area contributed by atoms with Crippen LogP contribution in [0.4, 0.5) is 0 Å². The van der Waals surface area contributed by atoms with Crippen molar-refractivity contribution in [3.63, 3.8) is 0 Å². The van der Waals surface area contributed by atoms with Crippen LogP contribution in [-0.2, 0) is 6.42 Å². The van der Waals surface area contributed by atoms with Crippen molar-refractivity contribution >= 4 is 40.4 Å². The van der Waals surface area contributed by atoms with Crippen LogP contribution in [0.3, 0.4) is 0 Å². The summed E-state index contributed by atoms with van der Waals surface area (Å²) in [4.78, 5) is 30.2. The van der Waals surface area contributed by atoms with Crippen LogP contribution in [0.5, 0.6) is 0 Å². The molecule has 0 atom stereocenters. The molecule has 1 aliphatic rings. The summed E-state index contributed by atoms with van der Waals surface area (Å²) < 4.78 is 0. The van der Waals surface area contributed by atoms with E-state index >= 15 is 0 Å². The molecule has 0 unspecified atom stereocenters. The van der Waals surface area contributed by atoms with Gasteiger partial charge in [-0.05, 0) is 12.1 Å². The molecular formula is C14H11N3O2S2. The van der Waals surface area contributed by atoms with Crippen LogP contribution in [0.2, 0.25) is 0 Å². The molecule has 0 saturated carbocycles. The standard InChI is InChI=1S/C14H11N3O2S2/c15-12(20)10-7-21-11(16-10)5-6-17-13(18)8-3-1-2-4-9(8)14(17)19/h1-4,7H,5-6H2,(H2,15,20). The number of nitrogens with zero attached hydrogens (tertiary/aromatic N) is 2. The Hall–Kier alpha value is -2.12. The van der Waals surface area contributed by atoms with E-state index < -0.39 is 0 Å². The minimum atomic E-state index is -0.248. The van der Waals surface area contributed by atoms with E-state index in [1.807, 2.05) is 0 Å². The Morgan fingerprint density at radius 2 is 1.86 bits per heavy atom. The average Bonchev–Trinajstić information content (AvgIpc) is 3.03. The third-order valence-corrected chi connectivity index (χ3v) is 4.35. The molecule has 1 aromatic carbocycles. The van der Waals surface area contributed by atoms with Gasteiger partial charge in [0.1, 0.15) is 10.7 Å². The van der Waals surface area contributed by atoms with Gasteiger partial charge in [-0.15, -0.1) is 11.3 Å². The van der Waals surface area contributed by atoms with Crippen LogP contribution >= 0.6 is 23.6 Å². The zero-order valence-electron chi connectivity index (χ0n) is 10.9. The van der Waals surface area contributed by atoms with Gasteiger partial charge in [-0.1, -0.05) is 24.4 Å². The molecular weight excluding hydrogens is 306 g/mol. The number of imide groups is 1. The number of thiazole rings is 1. The summed E-state index contributed by atoms with van der Waals surface area (Å²) in [7, 11) is 0. The van der Waals surface area contributed by atoms with E-state index in [1.165, 1.54) is 16.2 Å². The maximum absolute atomic E-state index is 12.2. The second kappa shape index (κ2) is 5.34. The molecule has 3 rings (SSSR count). The first kappa shape index (κ1) is 13.8. The topological polar surface area (TPSA) is 76.3 Å².